The van der Waals surface area contributed by atoms with Crippen molar-refractivity contribution in [3.05, 3.63) is 12.4 Å². The fraction of sp³-hybridized carbons (Fsp3) is 0.786. The van der Waals surface area contributed by atoms with Crippen molar-refractivity contribution in [3.8, 4) is 5.75 Å². The lowest BCUT2D eigenvalue weighted by molar-refractivity contribution is 0.155. The molecule has 1 aliphatic heterocycles. The van der Waals surface area contributed by atoms with Crippen molar-refractivity contribution in [2.24, 2.45) is 0 Å². The summed E-state index contributed by atoms with van der Waals surface area (Å²) < 4.78 is 8.01. The summed E-state index contributed by atoms with van der Waals surface area (Å²) in [5, 5.41) is 7.89. The molecule has 1 aromatic rings. The van der Waals surface area contributed by atoms with Gasteiger partial charge in [-0.1, -0.05) is 6.42 Å². The second kappa shape index (κ2) is 5.74. The first-order valence-electron chi connectivity index (χ1n) is 7.33. The highest BCUT2D eigenvalue weighted by atomic mass is 16.5. The van der Waals surface area contributed by atoms with E-state index >= 15 is 0 Å². The van der Waals surface area contributed by atoms with Gasteiger partial charge in [0.1, 0.15) is 0 Å². The molecule has 1 aromatic heterocycles. The summed E-state index contributed by atoms with van der Waals surface area (Å²) in [6.07, 6.45) is 13.3. The molecule has 18 heavy (non-hydrogen) atoms. The monoisotopic (exact) mass is 249 g/mol. The molecule has 2 heterocycles. The largest absolute Gasteiger partial charge is 0.487 e. The highest BCUT2D eigenvalue weighted by Gasteiger charge is 2.17. The summed E-state index contributed by atoms with van der Waals surface area (Å²) >= 11 is 0. The topological polar surface area (TPSA) is 39.1 Å². The van der Waals surface area contributed by atoms with Crippen LogP contribution in [0.3, 0.4) is 0 Å². The Morgan fingerprint density at radius 3 is 2.89 bits per heavy atom. The van der Waals surface area contributed by atoms with Crippen LogP contribution in [-0.4, -0.2) is 28.5 Å². The molecule has 1 N–H and O–H groups in total. The van der Waals surface area contributed by atoms with Crippen LogP contribution in [0, 0.1) is 0 Å². The molecule has 4 nitrogen and oxygen atoms in total. The molecule has 1 unspecified atom stereocenters. The van der Waals surface area contributed by atoms with Gasteiger partial charge in [-0.2, -0.15) is 5.10 Å². The van der Waals surface area contributed by atoms with Gasteiger partial charge >= 0.3 is 0 Å². The molecule has 1 aliphatic carbocycles. The normalized spacial score (nSPS) is 25.4. The number of nitrogens with one attached hydrogen (secondary N) is 1. The molecule has 0 radical (unpaired) electrons. The highest BCUT2D eigenvalue weighted by Crippen LogP contribution is 2.23. The summed E-state index contributed by atoms with van der Waals surface area (Å²) in [7, 11) is 0. The minimum absolute atomic E-state index is 0.418. The molecule has 0 amide bonds. The first-order valence-corrected chi connectivity index (χ1v) is 7.33. The van der Waals surface area contributed by atoms with Crippen molar-refractivity contribution < 1.29 is 4.74 Å². The fourth-order valence-corrected chi connectivity index (χ4v) is 3.02. The van der Waals surface area contributed by atoms with E-state index in [0.29, 0.717) is 12.1 Å². The Morgan fingerprint density at radius 2 is 2.11 bits per heavy atom. The van der Waals surface area contributed by atoms with Crippen LogP contribution in [0.5, 0.6) is 5.75 Å². The fourth-order valence-electron chi connectivity index (χ4n) is 3.02. The molecule has 0 spiro atoms. The van der Waals surface area contributed by atoms with Gasteiger partial charge in [0.25, 0.3) is 0 Å². The molecule has 100 valence electrons. The van der Waals surface area contributed by atoms with E-state index in [2.05, 4.69) is 16.6 Å². The SMILES string of the molecule is c1nn(CC2CCCN2)cc1OC1CCCCC1. The van der Waals surface area contributed by atoms with E-state index in [9.17, 15) is 0 Å². The van der Waals surface area contributed by atoms with E-state index in [1.807, 2.05) is 10.9 Å². The number of aromatic nitrogens is 2. The third-order valence-corrected chi connectivity index (χ3v) is 4.03. The van der Waals surface area contributed by atoms with Gasteiger partial charge in [0.2, 0.25) is 0 Å². The second-order valence-corrected chi connectivity index (χ2v) is 5.57. The first kappa shape index (κ1) is 12.0. The molecular formula is C14H23N3O. The Labute approximate surface area is 109 Å². The summed E-state index contributed by atoms with van der Waals surface area (Å²) in [6.45, 7) is 2.12. The van der Waals surface area contributed by atoms with Crippen LogP contribution in [0.4, 0.5) is 0 Å². The summed E-state index contributed by atoms with van der Waals surface area (Å²) in [5.41, 5.74) is 0. The van der Waals surface area contributed by atoms with Crippen LogP contribution in [0.1, 0.15) is 44.9 Å². The molecule has 3 rings (SSSR count). The number of hydrogen-bond acceptors (Lipinski definition) is 3. The van der Waals surface area contributed by atoms with Crippen molar-refractivity contribution in [3.63, 3.8) is 0 Å². The highest BCUT2D eigenvalue weighted by molar-refractivity contribution is 5.12. The van der Waals surface area contributed by atoms with Crippen molar-refractivity contribution in [2.45, 2.75) is 63.6 Å². The van der Waals surface area contributed by atoms with Gasteiger partial charge in [0, 0.05) is 6.04 Å². The quantitative estimate of drug-likeness (QED) is 0.890. The zero-order valence-corrected chi connectivity index (χ0v) is 11.0. The number of rotatable bonds is 4. The van der Waals surface area contributed by atoms with Crippen LogP contribution in [-0.2, 0) is 6.54 Å². The lowest BCUT2D eigenvalue weighted by Gasteiger charge is -2.21. The first-order chi connectivity index (χ1) is 8.90. The average molecular weight is 249 g/mol. The van der Waals surface area contributed by atoms with Crippen molar-refractivity contribution in [2.75, 3.05) is 6.54 Å². The molecule has 2 fully saturated rings. The Hall–Kier alpha value is -1.03. The van der Waals surface area contributed by atoms with E-state index in [-0.39, 0.29) is 0 Å². The van der Waals surface area contributed by atoms with E-state index in [0.717, 1.165) is 18.8 Å². The van der Waals surface area contributed by atoms with Gasteiger partial charge in [-0.05, 0) is 45.1 Å². The Balaban J connectivity index is 1.52. The molecule has 1 atom stereocenters. The summed E-state index contributed by atoms with van der Waals surface area (Å²) in [5.74, 6) is 0.944. The van der Waals surface area contributed by atoms with Crippen LogP contribution in [0.15, 0.2) is 12.4 Å². The van der Waals surface area contributed by atoms with Crippen LogP contribution in [0.2, 0.25) is 0 Å². The Morgan fingerprint density at radius 1 is 1.22 bits per heavy atom. The van der Waals surface area contributed by atoms with Crippen molar-refractivity contribution >= 4 is 0 Å². The lowest BCUT2D eigenvalue weighted by atomic mass is 9.98. The minimum atomic E-state index is 0.418. The predicted molar refractivity (Wildman–Crippen MR) is 70.8 cm³/mol. The molecule has 2 aliphatic rings. The standard InChI is InChI=1S/C14H23N3O/c1-2-6-13(7-3-1)18-14-9-16-17(11-14)10-12-5-4-8-15-12/h9,11-13,15H,1-8,10H2. The lowest BCUT2D eigenvalue weighted by Crippen LogP contribution is -2.26. The molecule has 0 aromatic carbocycles. The van der Waals surface area contributed by atoms with E-state index < -0.39 is 0 Å². The Kier molecular flexibility index (Phi) is 3.84. The summed E-state index contributed by atoms with van der Waals surface area (Å²) in [6, 6.07) is 0.590. The van der Waals surface area contributed by atoms with E-state index in [4.69, 9.17) is 4.74 Å². The maximum absolute atomic E-state index is 6.00. The van der Waals surface area contributed by atoms with Crippen molar-refractivity contribution in [1.82, 2.24) is 15.1 Å². The summed E-state index contributed by atoms with van der Waals surface area (Å²) in [4.78, 5) is 0. The molecular weight excluding hydrogens is 226 g/mol. The van der Waals surface area contributed by atoms with Gasteiger partial charge < -0.3 is 10.1 Å². The van der Waals surface area contributed by atoms with Crippen LogP contribution < -0.4 is 10.1 Å². The number of ether oxygens (including phenoxy) is 1. The van der Waals surface area contributed by atoms with E-state index in [1.54, 1.807) is 0 Å². The van der Waals surface area contributed by atoms with Crippen LogP contribution in [0.25, 0.3) is 0 Å². The number of hydrogen-bond donors (Lipinski definition) is 1. The van der Waals surface area contributed by atoms with Gasteiger partial charge in [-0.3, -0.25) is 4.68 Å². The maximum atomic E-state index is 6.00. The minimum Gasteiger partial charge on any atom is -0.487 e. The van der Waals surface area contributed by atoms with Crippen LogP contribution >= 0.6 is 0 Å². The van der Waals surface area contributed by atoms with Gasteiger partial charge in [0.15, 0.2) is 5.75 Å². The van der Waals surface area contributed by atoms with Gasteiger partial charge in [-0.25, -0.2) is 0 Å². The Bertz CT molecular complexity index is 365. The van der Waals surface area contributed by atoms with E-state index in [1.165, 1.54) is 44.9 Å². The predicted octanol–water partition coefficient (Wildman–Crippen LogP) is 2.35. The van der Waals surface area contributed by atoms with Crippen molar-refractivity contribution in [1.29, 1.82) is 0 Å². The number of nitrogens with zero attached hydrogens (tertiary/aromatic N) is 2. The molecule has 1 saturated carbocycles. The van der Waals surface area contributed by atoms with Gasteiger partial charge in [-0.15, -0.1) is 0 Å². The third kappa shape index (κ3) is 3.05. The third-order valence-electron chi connectivity index (χ3n) is 4.03. The molecule has 4 heteroatoms. The second-order valence-electron chi connectivity index (χ2n) is 5.57. The average Bonchev–Trinajstić information content (AvgIpc) is 3.03. The molecule has 1 saturated heterocycles. The zero-order valence-electron chi connectivity index (χ0n) is 11.0. The molecule has 0 bridgehead atoms. The van der Waals surface area contributed by atoms with Gasteiger partial charge in [0.05, 0.1) is 25.0 Å². The smallest absolute Gasteiger partial charge is 0.157 e. The zero-order chi connectivity index (χ0) is 12.2. The maximum Gasteiger partial charge on any atom is 0.157 e.